The summed E-state index contributed by atoms with van der Waals surface area (Å²) in [5.74, 6) is -0.446. The zero-order chi connectivity index (χ0) is 12.3. The van der Waals surface area contributed by atoms with Crippen LogP contribution in [-0.4, -0.2) is 5.11 Å². The molecule has 0 aliphatic rings. The van der Waals surface area contributed by atoms with Gasteiger partial charge in [0, 0.05) is 5.56 Å². The zero-order valence-corrected chi connectivity index (χ0v) is 9.31. The monoisotopic (exact) mass is 228 g/mol. The number of benzene rings is 2. The first-order valence-corrected chi connectivity index (χ1v) is 5.35. The summed E-state index contributed by atoms with van der Waals surface area (Å²) in [4.78, 5) is 0. The van der Waals surface area contributed by atoms with E-state index in [1.54, 1.807) is 42.5 Å². The van der Waals surface area contributed by atoms with Gasteiger partial charge in [-0.15, -0.1) is 0 Å². The molecule has 0 radical (unpaired) electrons. The van der Waals surface area contributed by atoms with Gasteiger partial charge >= 0.3 is 0 Å². The third-order valence-corrected chi connectivity index (χ3v) is 2.79. The van der Waals surface area contributed by atoms with Gasteiger partial charge in [-0.05, 0) is 11.6 Å². The summed E-state index contributed by atoms with van der Waals surface area (Å²) < 4.78 is 13.7. The Labute approximate surface area is 99.9 Å². The molecule has 0 aliphatic heterocycles. The van der Waals surface area contributed by atoms with Crippen LogP contribution in [0, 0.1) is 5.82 Å². The fourth-order valence-electron chi connectivity index (χ4n) is 1.85. The van der Waals surface area contributed by atoms with Gasteiger partial charge in [-0.3, -0.25) is 0 Å². The molecule has 0 bridgehead atoms. The van der Waals surface area contributed by atoms with Crippen molar-refractivity contribution in [2.75, 3.05) is 0 Å². The molecule has 1 unspecified atom stereocenters. The molecule has 0 heterocycles. The van der Waals surface area contributed by atoms with Gasteiger partial charge in [0.05, 0.1) is 0 Å². The molecule has 2 heteroatoms. The topological polar surface area (TPSA) is 20.2 Å². The number of rotatable bonds is 3. The quantitative estimate of drug-likeness (QED) is 0.799. The minimum absolute atomic E-state index is 0.209. The van der Waals surface area contributed by atoms with Crippen molar-refractivity contribution in [1.29, 1.82) is 0 Å². The van der Waals surface area contributed by atoms with Crippen molar-refractivity contribution in [2.24, 2.45) is 0 Å². The lowest BCUT2D eigenvalue weighted by molar-refractivity contribution is 0.130. The van der Waals surface area contributed by atoms with E-state index in [9.17, 15) is 9.50 Å². The van der Waals surface area contributed by atoms with Gasteiger partial charge in [0.1, 0.15) is 11.4 Å². The maximum atomic E-state index is 13.7. The van der Waals surface area contributed by atoms with Gasteiger partial charge in [-0.2, -0.15) is 0 Å². The van der Waals surface area contributed by atoms with E-state index < -0.39 is 11.4 Å². The minimum Gasteiger partial charge on any atom is -0.377 e. The maximum absolute atomic E-state index is 13.7. The van der Waals surface area contributed by atoms with Crippen molar-refractivity contribution >= 4 is 0 Å². The first-order valence-electron chi connectivity index (χ1n) is 5.35. The summed E-state index contributed by atoms with van der Waals surface area (Å²) in [5.41, 5.74) is -0.687. The van der Waals surface area contributed by atoms with E-state index in [4.69, 9.17) is 0 Å². The van der Waals surface area contributed by atoms with Crippen molar-refractivity contribution in [3.8, 4) is 0 Å². The average Bonchev–Trinajstić information content (AvgIpc) is 2.39. The lowest BCUT2D eigenvalue weighted by atomic mass is 9.86. The van der Waals surface area contributed by atoms with Gasteiger partial charge in [-0.1, -0.05) is 61.2 Å². The standard InChI is InChI=1S/C15H13FO/c1-2-15(17,12-8-4-3-5-9-12)13-10-6-7-11-14(13)16/h2-11,17H,1H2. The second-order valence-electron chi connectivity index (χ2n) is 3.82. The Morgan fingerprint density at radius 3 is 2.18 bits per heavy atom. The summed E-state index contributed by atoms with van der Waals surface area (Å²) in [5, 5.41) is 10.6. The Bertz CT molecular complexity index is 521. The normalized spacial score (nSPS) is 14.0. The average molecular weight is 228 g/mol. The largest absolute Gasteiger partial charge is 0.377 e. The van der Waals surface area contributed by atoms with E-state index in [0.29, 0.717) is 5.56 Å². The molecule has 0 saturated heterocycles. The molecular formula is C15H13FO. The van der Waals surface area contributed by atoms with E-state index in [-0.39, 0.29) is 5.56 Å². The molecule has 1 N–H and O–H groups in total. The Kier molecular flexibility index (Phi) is 3.07. The number of halogens is 1. The Morgan fingerprint density at radius 1 is 1.00 bits per heavy atom. The molecular weight excluding hydrogens is 215 g/mol. The van der Waals surface area contributed by atoms with Gasteiger partial charge in [-0.25, -0.2) is 4.39 Å². The zero-order valence-electron chi connectivity index (χ0n) is 9.31. The van der Waals surface area contributed by atoms with E-state index in [2.05, 4.69) is 6.58 Å². The van der Waals surface area contributed by atoms with Crippen LogP contribution in [0.4, 0.5) is 4.39 Å². The highest BCUT2D eigenvalue weighted by atomic mass is 19.1. The summed E-state index contributed by atoms with van der Waals surface area (Å²) in [6.07, 6.45) is 1.35. The molecule has 86 valence electrons. The van der Waals surface area contributed by atoms with Crippen molar-refractivity contribution in [3.63, 3.8) is 0 Å². The van der Waals surface area contributed by atoms with Gasteiger partial charge < -0.3 is 5.11 Å². The number of aliphatic hydroxyl groups is 1. The highest BCUT2D eigenvalue weighted by molar-refractivity contribution is 5.40. The molecule has 0 amide bonds. The van der Waals surface area contributed by atoms with Gasteiger partial charge in [0.2, 0.25) is 0 Å². The highest BCUT2D eigenvalue weighted by Gasteiger charge is 2.30. The van der Waals surface area contributed by atoms with E-state index >= 15 is 0 Å². The minimum atomic E-state index is -1.49. The van der Waals surface area contributed by atoms with Crippen LogP contribution in [0.25, 0.3) is 0 Å². The molecule has 17 heavy (non-hydrogen) atoms. The van der Waals surface area contributed by atoms with Crippen LogP contribution in [0.3, 0.4) is 0 Å². The van der Waals surface area contributed by atoms with Crippen LogP contribution in [0.1, 0.15) is 11.1 Å². The van der Waals surface area contributed by atoms with Crippen molar-refractivity contribution < 1.29 is 9.50 Å². The van der Waals surface area contributed by atoms with Crippen molar-refractivity contribution in [2.45, 2.75) is 5.60 Å². The van der Waals surface area contributed by atoms with Crippen molar-refractivity contribution in [3.05, 3.63) is 84.2 Å². The summed E-state index contributed by atoms with van der Waals surface area (Å²) >= 11 is 0. The second kappa shape index (κ2) is 4.52. The number of hydrogen-bond donors (Lipinski definition) is 1. The fraction of sp³-hybridized carbons (Fsp3) is 0.0667. The Hall–Kier alpha value is -1.93. The first-order chi connectivity index (χ1) is 8.18. The molecule has 1 atom stereocenters. The lowest BCUT2D eigenvalue weighted by Crippen LogP contribution is -2.25. The molecule has 0 aromatic heterocycles. The first kappa shape index (κ1) is 11.6. The SMILES string of the molecule is C=CC(O)(c1ccccc1)c1ccccc1F. The molecule has 0 saturated carbocycles. The molecule has 2 aromatic rings. The molecule has 0 spiro atoms. The summed E-state index contributed by atoms with van der Waals surface area (Å²) in [6.45, 7) is 3.61. The maximum Gasteiger partial charge on any atom is 0.136 e. The van der Waals surface area contributed by atoms with E-state index in [0.717, 1.165) is 0 Å². The summed E-state index contributed by atoms with van der Waals surface area (Å²) in [6, 6.07) is 15.1. The fourth-order valence-corrected chi connectivity index (χ4v) is 1.85. The highest BCUT2D eigenvalue weighted by Crippen LogP contribution is 2.32. The van der Waals surface area contributed by atoms with Gasteiger partial charge in [0.25, 0.3) is 0 Å². The molecule has 0 fully saturated rings. The van der Waals surface area contributed by atoms with Crippen LogP contribution in [0.5, 0.6) is 0 Å². The van der Waals surface area contributed by atoms with Gasteiger partial charge in [0.15, 0.2) is 0 Å². The Morgan fingerprint density at radius 2 is 1.59 bits per heavy atom. The molecule has 1 nitrogen and oxygen atoms in total. The smallest absolute Gasteiger partial charge is 0.136 e. The Balaban J connectivity index is 2.60. The van der Waals surface area contributed by atoms with Crippen LogP contribution >= 0.6 is 0 Å². The molecule has 0 aliphatic carbocycles. The van der Waals surface area contributed by atoms with Crippen LogP contribution < -0.4 is 0 Å². The van der Waals surface area contributed by atoms with Crippen molar-refractivity contribution in [1.82, 2.24) is 0 Å². The summed E-state index contributed by atoms with van der Waals surface area (Å²) in [7, 11) is 0. The third kappa shape index (κ3) is 1.99. The number of hydrogen-bond acceptors (Lipinski definition) is 1. The lowest BCUT2D eigenvalue weighted by Gasteiger charge is -2.25. The van der Waals surface area contributed by atoms with E-state index in [1.807, 2.05) is 6.07 Å². The third-order valence-electron chi connectivity index (χ3n) is 2.79. The predicted molar refractivity (Wildman–Crippen MR) is 66.0 cm³/mol. The molecule has 2 rings (SSSR count). The van der Waals surface area contributed by atoms with Crippen LogP contribution in [0.15, 0.2) is 67.3 Å². The molecule has 2 aromatic carbocycles. The van der Waals surface area contributed by atoms with E-state index in [1.165, 1.54) is 12.1 Å². The van der Waals surface area contributed by atoms with Crippen LogP contribution in [-0.2, 0) is 5.60 Å². The predicted octanol–water partition coefficient (Wildman–Crippen LogP) is 3.25. The van der Waals surface area contributed by atoms with Crippen LogP contribution in [0.2, 0.25) is 0 Å². The second-order valence-corrected chi connectivity index (χ2v) is 3.82.